The van der Waals surface area contributed by atoms with Gasteiger partial charge < -0.3 is 5.32 Å². The summed E-state index contributed by atoms with van der Waals surface area (Å²) in [5.41, 5.74) is 2.68. The van der Waals surface area contributed by atoms with Gasteiger partial charge in [0.15, 0.2) is 0 Å². The number of halogens is 1. The monoisotopic (exact) mass is 308 g/mol. The van der Waals surface area contributed by atoms with E-state index in [4.69, 9.17) is 5.14 Å². The molecule has 0 spiro atoms. The Morgan fingerprint density at radius 3 is 2.62 bits per heavy atom. The number of primary sulfonamides is 1. The third kappa shape index (κ3) is 4.35. The van der Waals surface area contributed by atoms with Crippen LogP contribution in [-0.2, 0) is 23.1 Å². The second-order valence-corrected chi connectivity index (χ2v) is 6.43. The number of hydrogen-bond donors (Lipinski definition) is 2. The van der Waals surface area contributed by atoms with E-state index in [0.29, 0.717) is 13.1 Å². The van der Waals surface area contributed by atoms with Gasteiger partial charge in [0.1, 0.15) is 5.82 Å². The van der Waals surface area contributed by atoms with E-state index >= 15 is 0 Å². The molecule has 0 aromatic heterocycles. The van der Waals surface area contributed by atoms with Crippen LogP contribution in [0.4, 0.5) is 4.39 Å². The van der Waals surface area contributed by atoms with Gasteiger partial charge in [-0.05, 0) is 47.9 Å². The highest BCUT2D eigenvalue weighted by Crippen LogP contribution is 2.12. The van der Waals surface area contributed by atoms with Gasteiger partial charge in [0, 0.05) is 13.1 Å². The molecule has 0 aliphatic rings. The van der Waals surface area contributed by atoms with Crippen LogP contribution < -0.4 is 10.5 Å². The predicted molar refractivity (Wildman–Crippen MR) is 79.5 cm³/mol. The lowest BCUT2D eigenvalue weighted by atomic mass is 10.1. The van der Waals surface area contributed by atoms with Gasteiger partial charge in [0.2, 0.25) is 10.0 Å². The second-order valence-electron chi connectivity index (χ2n) is 4.87. The highest BCUT2D eigenvalue weighted by molar-refractivity contribution is 7.89. The quantitative estimate of drug-likeness (QED) is 0.888. The summed E-state index contributed by atoms with van der Waals surface area (Å²) in [6, 6.07) is 11.1. The van der Waals surface area contributed by atoms with Crippen molar-refractivity contribution in [2.45, 2.75) is 24.9 Å². The smallest absolute Gasteiger partial charge is 0.238 e. The number of benzene rings is 2. The van der Waals surface area contributed by atoms with Gasteiger partial charge in [0.25, 0.3) is 0 Å². The van der Waals surface area contributed by atoms with Gasteiger partial charge in [-0.25, -0.2) is 17.9 Å². The summed E-state index contributed by atoms with van der Waals surface area (Å²) in [6.45, 7) is 2.89. The number of aryl methyl sites for hydroxylation is 1. The first kappa shape index (κ1) is 15.6. The van der Waals surface area contributed by atoms with Crippen molar-refractivity contribution in [1.29, 1.82) is 0 Å². The van der Waals surface area contributed by atoms with Crippen molar-refractivity contribution in [2.24, 2.45) is 5.14 Å². The maximum absolute atomic E-state index is 13.2. The molecule has 0 fully saturated rings. The Morgan fingerprint density at radius 2 is 1.90 bits per heavy atom. The summed E-state index contributed by atoms with van der Waals surface area (Å²) in [4.78, 5) is 0.0868. The predicted octanol–water partition coefficient (Wildman–Crippen LogP) is 2.07. The van der Waals surface area contributed by atoms with E-state index in [0.717, 1.165) is 16.7 Å². The Hall–Kier alpha value is -1.76. The van der Waals surface area contributed by atoms with Crippen LogP contribution in [0.3, 0.4) is 0 Å². The SMILES string of the molecule is Cc1ccc(F)cc1CNCc1cccc(S(N)(=O)=O)c1. The molecule has 0 atom stereocenters. The maximum Gasteiger partial charge on any atom is 0.238 e. The Bertz CT molecular complexity index is 745. The first-order chi connectivity index (χ1) is 9.86. The lowest BCUT2D eigenvalue weighted by Gasteiger charge is -2.09. The summed E-state index contributed by atoms with van der Waals surface area (Å²) < 4.78 is 35.7. The van der Waals surface area contributed by atoms with E-state index in [9.17, 15) is 12.8 Å². The largest absolute Gasteiger partial charge is 0.309 e. The van der Waals surface area contributed by atoms with Crippen LogP contribution in [0.15, 0.2) is 47.4 Å². The topological polar surface area (TPSA) is 72.2 Å². The minimum Gasteiger partial charge on any atom is -0.309 e. The van der Waals surface area contributed by atoms with Crippen LogP contribution in [-0.4, -0.2) is 8.42 Å². The summed E-state index contributed by atoms with van der Waals surface area (Å²) in [5, 5.41) is 8.25. The van der Waals surface area contributed by atoms with Crippen molar-refractivity contribution in [1.82, 2.24) is 5.32 Å². The number of nitrogens with two attached hydrogens (primary N) is 1. The van der Waals surface area contributed by atoms with Gasteiger partial charge in [-0.1, -0.05) is 18.2 Å². The summed E-state index contributed by atoms with van der Waals surface area (Å²) in [6.07, 6.45) is 0. The molecule has 3 N–H and O–H groups in total. The molecule has 0 radical (unpaired) electrons. The zero-order chi connectivity index (χ0) is 15.5. The summed E-state index contributed by atoms with van der Waals surface area (Å²) in [7, 11) is -3.69. The van der Waals surface area contributed by atoms with Crippen molar-refractivity contribution in [3.63, 3.8) is 0 Å². The van der Waals surface area contributed by atoms with Gasteiger partial charge in [-0.2, -0.15) is 0 Å². The van der Waals surface area contributed by atoms with Crippen LogP contribution >= 0.6 is 0 Å². The van der Waals surface area contributed by atoms with Crippen LogP contribution in [0.1, 0.15) is 16.7 Å². The maximum atomic E-state index is 13.2. The fraction of sp³-hybridized carbons (Fsp3) is 0.200. The van der Waals surface area contributed by atoms with E-state index in [1.54, 1.807) is 18.2 Å². The van der Waals surface area contributed by atoms with Gasteiger partial charge >= 0.3 is 0 Å². The molecule has 0 heterocycles. The normalized spacial score (nSPS) is 11.6. The minimum atomic E-state index is -3.69. The van der Waals surface area contributed by atoms with Crippen LogP contribution in [0.2, 0.25) is 0 Å². The Labute approximate surface area is 123 Å². The molecule has 0 unspecified atom stereocenters. The van der Waals surface area contributed by atoms with E-state index in [2.05, 4.69) is 5.32 Å². The fourth-order valence-electron chi connectivity index (χ4n) is 2.00. The average molecular weight is 308 g/mol. The lowest BCUT2D eigenvalue weighted by molar-refractivity contribution is 0.597. The van der Waals surface area contributed by atoms with E-state index in [1.165, 1.54) is 24.3 Å². The van der Waals surface area contributed by atoms with E-state index < -0.39 is 10.0 Å². The van der Waals surface area contributed by atoms with Crippen LogP contribution in [0.5, 0.6) is 0 Å². The summed E-state index contributed by atoms with van der Waals surface area (Å²) >= 11 is 0. The molecule has 2 aromatic carbocycles. The van der Waals surface area contributed by atoms with Crippen molar-refractivity contribution < 1.29 is 12.8 Å². The van der Waals surface area contributed by atoms with E-state index in [-0.39, 0.29) is 10.7 Å². The van der Waals surface area contributed by atoms with Gasteiger partial charge in [0.05, 0.1) is 4.90 Å². The molecule has 21 heavy (non-hydrogen) atoms. The molecular weight excluding hydrogens is 291 g/mol. The molecule has 2 aromatic rings. The van der Waals surface area contributed by atoms with Gasteiger partial charge in [-0.15, -0.1) is 0 Å². The lowest BCUT2D eigenvalue weighted by Crippen LogP contribution is -2.15. The molecule has 0 amide bonds. The van der Waals surface area contributed by atoms with Crippen molar-refractivity contribution >= 4 is 10.0 Å². The molecule has 0 saturated heterocycles. The fourth-order valence-corrected chi connectivity index (χ4v) is 2.59. The van der Waals surface area contributed by atoms with Gasteiger partial charge in [-0.3, -0.25) is 0 Å². The number of nitrogens with one attached hydrogen (secondary N) is 1. The van der Waals surface area contributed by atoms with Crippen molar-refractivity contribution in [2.75, 3.05) is 0 Å². The standard InChI is InChI=1S/C15H17FN2O2S/c1-11-5-6-14(16)8-13(11)10-18-9-12-3-2-4-15(7-12)21(17,19)20/h2-8,18H,9-10H2,1H3,(H2,17,19,20). The number of rotatable bonds is 5. The zero-order valence-electron chi connectivity index (χ0n) is 11.6. The Morgan fingerprint density at radius 1 is 1.14 bits per heavy atom. The molecule has 0 saturated carbocycles. The van der Waals surface area contributed by atoms with Crippen LogP contribution in [0, 0.1) is 12.7 Å². The minimum absolute atomic E-state index is 0.0868. The highest BCUT2D eigenvalue weighted by atomic mass is 32.2. The zero-order valence-corrected chi connectivity index (χ0v) is 12.5. The number of sulfonamides is 1. The third-order valence-electron chi connectivity index (χ3n) is 3.18. The average Bonchev–Trinajstić information content (AvgIpc) is 2.42. The Kier molecular flexibility index (Phi) is 4.72. The van der Waals surface area contributed by atoms with Crippen molar-refractivity contribution in [3.8, 4) is 0 Å². The Balaban J connectivity index is 2.02. The molecule has 2 rings (SSSR count). The molecule has 0 aliphatic carbocycles. The summed E-state index contributed by atoms with van der Waals surface area (Å²) in [5.74, 6) is -0.270. The molecule has 0 aliphatic heterocycles. The molecule has 4 nitrogen and oxygen atoms in total. The molecular formula is C15H17FN2O2S. The second kappa shape index (κ2) is 6.34. The third-order valence-corrected chi connectivity index (χ3v) is 4.09. The molecule has 0 bridgehead atoms. The van der Waals surface area contributed by atoms with Crippen molar-refractivity contribution in [3.05, 3.63) is 65.0 Å². The van der Waals surface area contributed by atoms with Crippen LogP contribution in [0.25, 0.3) is 0 Å². The first-order valence-corrected chi connectivity index (χ1v) is 7.98. The number of hydrogen-bond acceptors (Lipinski definition) is 3. The highest BCUT2D eigenvalue weighted by Gasteiger charge is 2.07. The molecule has 6 heteroatoms. The van der Waals surface area contributed by atoms with E-state index in [1.807, 2.05) is 6.92 Å². The first-order valence-electron chi connectivity index (χ1n) is 6.44. The molecule has 112 valence electrons.